The Morgan fingerprint density at radius 1 is 1.46 bits per heavy atom. The van der Waals surface area contributed by atoms with Gasteiger partial charge in [-0.25, -0.2) is 0 Å². The van der Waals surface area contributed by atoms with Crippen molar-refractivity contribution < 1.29 is 4.21 Å². The quantitative estimate of drug-likeness (QED) is 0.672. The van der Waals surface area contributed by atoms with E-state index in [1.54, 1.807) is 0 Å². The van der Waals surface area contributed by atoms with Crippen LogP contribution >= 0.6 is 12.4 Å². The summed E-state index contributed by atoms with van der Waals surface area (Å²) in [7, 11) is -0.562. The lowest BCUT2D eigenvalue weighted by atomic mass is 10.1. The van der Waals surface area contributed by atoms with E-state index in [1.165, 1.54) is 0 Å². The van der Waals surface area contributed by atoms with Crippen molar-refractivity contribution in [2.24, 2.45) is 0 Å². The van der Waals surface area contributed by atoms with E-state index < -0.39 is 10.8 Å². The van der Waals surface area contributed by atoms with Gasteiger partial charge in [-0.05, 0) is 6.92 Å². The second-order valence-electron chi connectivity index (χ2n) is 3.70. The van der Waals surface area contributed by atoms with E-state index in [9.17, 15) is 4.21 Å². The summed E-state index contributed by atoms with van der Waals surface area (Å²) in [4.78, 5) is 2.47. The molecule has 2 saturated heterocycles. The van der Waals surface area contributed by atoms with Gasteiger partial charge in [0, 0.05) is 54.0 Å². The Labute approximate surface area is 88.1 Å². The summed E-state index contributed by atoms with van der Waals surface area (Å²) in [6.07, 6.45) is 0. The highest BCUT2D eigenvalue weighted by atomic mass is 35.5. The molecule has 13 heavy (non-hydrogen) atoms. The second-order valence-corrected chi connectivity index (χ2v) is 5.68. The summed E-state index contributed by atoms with van der Waals surface area (Å²) in [5, 5.41) is 3.64. The third kappa shape index (κ3) is 2.43. The van der Waals surface area contributed by atoms with Crippen LogP contribution in [0.1, 0.15) is 6.92 Å². The topological polar surface area (TPSA) is 32.3 Å². The number of nitrogens with zero attached hydrogens (tertiary/aromatic N) is 1. The van der Waals surface area contributed by atoms with E-state index >= 15 is 0 Å². The number of hydrogen-bond donors (Lipinski definition) is 1. The average Bonchev–Trinajstić information content (AvgIpc) is 1.93. The molecular weight excluding hydrogens is 208 g/mol. The Morgan fingerprint density at radius 2 is 2.15 bits per heavy atom. The first kappa shape index (κ1) is 11.4. The molecular formula is C8H17ClN2OS. The van der Waals surface area contributed by atoms with E-state index in [-0.39, 0.29) is 12.4 Å². The van der Waals surface area contributed by atoms with Gasteiger partial charge >= 0.3 is 0 Å². The van der Waals surface area contributed by atoms with E-state index in [2.05, 4.69) is 17.1 Å². The molecule has 2 fully saturated rings. The smallest absolute Gasteiger partial charge is 0.0447 e. The molecule has 0 spiro atoms. The summed E-state index contributed by atoms with van der Waals surface area (Å²) >= 11 is 0. The Bertz CT molecular complexity index is 199. The van der Waals surface area contributed by atoms with Crippen molar-refractivity contribution in [3.8, 4) is 0 Å². The largest absolute Gasteiger partial charge is 0.314 e. The van der Waals surface area contributed by atoms with Crippen LogP contribution in [-0.2, 0) is 10.8 Å². The van der Waals surface area contributed by atoms with E-state index in [4.69, 9.17) is 0 Å². The summed E-state index contributed by atoms with van der Waals surface area (Å²) in [5.74, 6) is 0.873. The summed E-state index contributed by atoms with van der Waals surface area (Å²) in [6.45, 7) is 6.40. The van der Waals surface area contributed by atoms with Crippen LogP contribution in [0.25, 0.3) is 0 Å². The van der Waals surface area contributed by atoms with Gasteiger partial charge in [-0.1, -0.05) is 0 Å². The molecule has 78 valence electrons. The molecule has 2 rings (SSSR count). The molecule has 0 aromatic rings. The Balaban J connectivity index is 0.000000845. The molecule has 2 atom stereocenters. The molecule has 5 heteroatoms. The number of hydrogen-bond acceptors (Lipinski definition) is 3. The van der Waals surface area contributed by atoms with E-state index in [0.29, 0.717) is 5.25 Å². The van der Waals surface area contributed by atoms with Gasteiger partial charge < -0.3 is 5.32 Å². The van der Waals surface area contributed by atoms with Crippen molar-refractivity contribution >= 4 is 23.2 Å². The first-order valence-corrected chi connectivity index (χ1v) is 5.97. The van der Waals surface area contributed by atoms with Crippen molar-refractivity contribution in [2.75, 3.05) is 31.9 Å². The summed E-state index contributed by atoms with van der Waals surface area (Å²) in [5.41, 5.74) is 0. The number of nitrogens with one attached hydrogen (secondary N) is 1. The van der Waals surface area contributed by atoms with Crippen LogP contribution in [0.4, 0.5) is 0 Å². The number of halogens is 1. The first-order valence-electron chi connectivity index (χ1n) is 4.59. The molecule has 2 heterocycles. The fraction of sp³-hybridized carbons (Fsp3) is 1.00. The maximum Gasteiger partial charge on any atom is 0.0447 e. The molecule has 1 N–H and O–H groups in total. The van der Waals surface area contributed by atoms with Gasteiger partial charge in [0.05, 0.1) is 0 Å². The minimum absolute atomic E-state index is 0. The zero-order valence-electron chi connectivity index (χ0n) is 7.86. The Kier molecular flexibility index (Phi) is 4.16. The van der Waals surface area contributed by atoms with Crippen molar-refractivity contribution in [1.82, 2.24) is 10.2 Å². The number of rotatable bonds is 1. The highest BCUT2D eigenvalue weighted by Crippen LogP contribution is 2.13. The van der Waals surface area contributed by atoms with Crippen LogP contribution in [0.3, 0.4) is 0 Å². The fourth-order valence-electron chi connectivity index (χ4n) is 1.78. The normalized spacial score (nSPS) is 36.4. The highest BCUT2D eigenvalue weighted by molar-refractivity contribution is 7.85. The van der Waals surface area contributed by atoms with E-state index in [0.717, 1.165) is 38.0 Å². The highest BCUT2D eigenvalue weighted by Gasteiger charge is 2.30. The van der Waals surface area contributed by atoms with Gasteiger partial charge in [-0.15, -0.1) is 12.4 Å². The molecule has 2 unspecified atom stereocenters. The zero-order chi connectivity index (χ0) is 8.55. The van der Waals surface area contributed by atoms with Gasteiger partial charge in [0.1, 0.15) is 0 Å². The monoisotopic (exact) mass is 224 g/mol. The molecule has 0 aliphatic carbocycles. The zero-order valence-corrected chi connectivity index (χ0v) is 9.50. The van der Waals surface area contributed by atoms with Crippen molar-refractivity contribution in [3.63, 3.8) is 0 Å². The molecule has 0 aromatic carbocycles. The SMILES string of the molecule is CC1CN(C2CNC2)CCS1=O.Cl. The maximum atomic E-state index is 11.3. The van der Waals surface area contributed by atoms with Crippen molar-refractivity contribution in [1.29, 1.82) is 0 Å². The third-order valence-corrected chi connectivity index (χ3v) is 4.43. The van der Waals surface area contributed by atoms with Gasteiger partial charge in [0.15, 0.2) is 0 Å². The van der Waals surface area contributed by atoms with Gasteiger partial charge in [-0.2, -0.15) is 0 Å². The fourth-order valence-corrected chi connectivity index (χ4v) is 2.95. The second kappa shape index (κ2) is 4.73. The molecule has 0 amide bonds. The minimum Gasteiger partial charge on any atom is -0.314 e. The minimum atomic E-state index is -0.562. The summed E-state index contributed by atoms with van der Waals surface area (Å²) < 4.78 is 11.3. The summed E-state index contributed by atoms with van der Waals surface area (Å²) in [6, 6.07) is 0.727. The molecule has 2 aliphatic rings. The van der Waals surface area contributed by atoms with Crippen molar-refractivity contribution in [3.05, 3.63) is 0 Å². The Hall–Kier alpha value is 0.360. The molecule has 0 aromatic heterocycles. The lowest BCUT2D eigenvalue weighted by molar-refractivity contribution is 0.150. The first-order chi connectivity index (χ1) is 5.77. The average molecular weight is 225 g/mol. The van der Waals surface area contributed by atoms with Crippen LogP contribution in [-0.4, -0.2) is 52.3 Å². The van der Waals surface area contributed by atoms with E-state index in [1.807, 2.05) is 0 Å². The van der Waals surface area contributed by atoms with Gasteiger partial charge in [0.25, 0.3) is 0 Å². The predicted octanol–water partition coefficient (Wildman–Crippen LogP) is -0.167. The molecule has 0 saturated carbocycles. The molecule has 0 radical (unpaired) electrons. The van der Waals surface area contributed by atoms with Crippen molar-refractivity contribution in [2.45, 2.75) is 18.2 Å². The third-order valence-electron chi connectivity index (χ3n) is 2.80. The van der Waals surface area contributed by atoms with Crippen LogP contribution in [0.15, 0.2) is 0 Å². The molecule has 0 bridgehead atoms. The maximum absolute atomic E-state index is 11.3. The van der Waals surface area contributed by atoms with Crippen LogP contribution in [0, 0.1) is 0 Å². The lowest BCUT2D eigenvalue weighted by Gasteiger charge is -2.41. The van der Waals surface area contributed by atoms with Crippen LogP contribution in [0.5, 0.6) is 0 Å². The Morgan fingerprint density at radius 3 is 2.62 bits per heavy atom. The lowest BCUT2D eigenvalue weighted by Crippen LogP contribution is -2.61. The van der Waals surface area contributed by atoms with Crippen LogP contribution in [0.2, 0.25) is 0 Å². The predicted molar refractivity (Wildman–Crippen MR) is 58.0 cm³/mol. The van der Waals surface area contributed by atoms with Crippen LogP contribution < -0.4 is 5.32 Å². The van der Waals surface area contributed by atoms with Gasteiger partial charge in [-0.3, -0.25) is 9.11 Å². The molecule has 3 nitrogen and oxygen atoms in total. The molecule has 2 aliphatic heterocycles. The standard InChI is InChI=1S/C8H16N2OS.ClH/c1-7-6-10(2-3-12(7)11)8-4-9-5-8;/h7-9H,2-6H2,1H3;1H. The van der Waals surface area contributed by atoms with Gasteiger partial charge in [0.2, 0.25) is 0 Å².